The maximum Gasteiger partial charge on any atom is 0.168 e. The Balaban J connectivity index is 1.57. The molecule has 3 aromatic rings. The predicted octanol–water partition coefficient (Wildman–Crippen LogP) is 5.04. The summed E-state index contributed by atoms with van der Waals surface area (Å²) < 4.78 is 19.4. The van der Waals surface area contributed by atoms with Gasteiger partial charge in [-0.2, -0.15) is 10.4 Å². The first-order valence-corrected chi connectivity index (χ1v) is 10.3. The van der Waals surface area contributed by atoms with Gasteiger partial charge in [0, 0.05) is 6.61 Å². The highest BCUT2D eigenvalue weighted by atomic mass is 16.5. The zero-order chi connectivity index (χ0) is 20.8. The monoisotopic (exact) mass is 403 g/mol. The smallest absolute Gasteiger partial charge is 0.168 e. The standard InChI is InChI=1S/C24H25N3O3/c1-28-22-7-3-2-6-19(22)11-14-21-23(30-20-12-9-18(16-25)10-13-20)17-27(26-21)24-8-4-5-15-29-24/h2-3,6-7,9-10,12-13,17,24H,4-5,8,11,14-15H2,1H3. The highest BCUT2D eigenvalue weighted by molar-refractivity contribution is 5.39. The summed E-state index contributed by atoms with van der Waals surface area (Å²) in [6.45, 7) is 0.757. The van der Waals surface area contributed by atoms with Crippen LogP contribution >= 0.6 is 0 Å². The van der Waals surface area contributed by atoms with Crippen molar-refractivity contribution in [3.63, 3.8) is 0 Å². The van der Waals surface area contributed by atoms with Gasteiger partial charge in [-0.25, -0.2) is 4.68 Å². The third-order valence-electron chi connectivity index (χ3n) is 5.26. The lowest BCUT2D eigenvalue weighted by Gasteiger charge is -2.22. The minimum Gasteiger partial charge on any atom is -0.496 e. The molecule has 0 saturated carbocycles. The van der Waals surface area contributed by atoms with Gasteiger partial charge < -0.3 is 14.2 Å². The van der Waals surface area contributed by atoms with Crippen LogP contribution < -0.4 is 9.47 Å². The minimum absolute atomic E-state index is 0.0536. The molecule has 1 fully saturated rings. The molecule has 4 rings (SSSR count). The molecule has 154 valence electrons. The van der Waals surface area contributed by atoms with Gasteiger partial charge in [0.25, 0.3) is 0 Å². The molecule has 30 heavy (non-hydrogen) atoms. The van der Waals surface area contributed by atoms with E-state index in [2.05, 4.69) is 12.1 Å². The summed E-state index contributed by atoms with van der Waals surface area (Å²) in [6.07, 6.45) is 6.54. The Hall–Kier alpha value is -3.30. The van der Waals surface area contributed by atoms with E-state index in [0.29, 0.717) is 23.5 Å². The van der Waals surface area contributed by atoms with Crippen LogP contribution in [0, 0.1) is 11.3 Å². The van der Waals surface area contributed by atoms with Crippen LogP contribution in [0.2, 0.25) is 0 Å². The first kappa shape index (κ1) is 20.0. The highest BCUT2D eigenvalue weighted by Gasteiger charge is 2.20. The lowest BCUT2D eigenvalue weighted by atomic mass is 10.1. The topological polar surface area (TPSA) is 69.3 Å². The van der Waals surface area contributed by atoms with Gasteiger partial charge in [-0.05, 0) is 68.0 Å². The van der Waals surface area contributed by atoms with Gasteiger partial charge >= 0.3 is 0 Å². The zero-order valence-electron chi connectivity index (χ0n) is 17.1. The van der Waals surface area contributed by atoms with Crippen molar-refractivity contribution in [3.8, 4) is 23.3 Å². The second kappa shape index (κ2) is 9.47. The zero-order valence-corrected chi connectivity index (χ0v) is 17.1. The number of ether oxygens (including phenoxy) is 3. The average molecular weight is 403 g/mol. The van der Waals surface area contributed by atoms with E-state index in [1.54, 1.807) is 31.4 Å². The Morgan fingerprint density at radius 1 is 1.10 bits per heavy atom. The fourth-order valence-electron chi connectivity index (χ4n) is 3.64. The molecule has 2 aromatic carbocycles. The number of methoxy groups -OCH3 is 1. The lowest BCUT2D eigenvalue weighted by Crippen LogP contribution is -2.18. The van der Waals surface area contributed by atoms with Crippen LogP contribution in [0.1, 0.15) is 42.3 Å². The van der Waals surface area contributed by atoms with Crippen LogP contribution in [-0.2, 0) is 17.6 Å². The van der Waals surface area contributed by atoms with E-state index < -0.39 is 0 Å². The summed E-state index contributed by atoms with van der Waals surface area (Å²) >= 11 is 0. The SMILES string of the molecule is COc1ccccc1CCc1nn(C2CCCCO2)cc1Oc1ccc(C#N)cc1. The van der Waals surface area contributed by atoms with Crippen LogP contribution in [0.4, 0.5) is 0 Å². The maximum atomic E-state index is 9.00. The summed E-state index contributed by atoms with van der Waals surface area (Å²) in [5, 5.41) is 13.8. The number of nitrogens with zero attached hydrogens (tertiary/aromatic N) is 3. The van der Waals surface area contributed by atoms with E-state index in [4.69, 9.17) is 24.6 Å². The van der Waals surface area contributed by atoms with Gasteiger partial charge in [-0.1, -0.05) is 18.2 Å². The first-order chi connectivity index (χ1) is 14.8. The molecule has 1 aliphatic heterocycles. The fourth-order valence-corrected chi connectivity index (χ4v) is 3.64. The van der Waals surface area contributed by atoms with Crippen molar-refractivity contribution in [2.75, 3.05) is 13.7 Å². The van der Waals surface area contributed by atoms with E-state index >= 15 is 0 Å². The van der Waals surface area contributed by atoms with Gasteiger partial charge in [0.2, 0.25) is 0 Å². The van der Waals surface area contributed by atoms with E-state index in [0.717, 1.165) is 49.3 Å². The third-order valence-corrected chi connectivity index (χ3v) is 5.26. The quantitative estimate of drug-likeness (QED) is 0.553. The van der Waals surface area contributed by atoms with E-state index in [-0.39, 0.29) is 6.23 Å². The van der Waals surface area contributed by atoms with Gasteiger partial charge in [-0.15, -0.1) is 0 Å². The van der Waals surface area contributed by atoms with Crippen molar-refractivity contribution in [1.82, 2.24) is 9.78 Å². The van der Waals surface area contributed by atoms with E-state index in [9.17, 15) is 0 Å². The van der Waals surface area contributed by atoms with Crippen LogP contribution in [0.15, 0.2) is 54.7 Å². The van der Waals surface area contributed by atoms with Gasteiger partial charge in [0.1, 0.15) is 23.4 Å². The van der Waals surface area contributed by atoms with Crippen molar-refractivity contribution in [2.45, 2.75) is 38.3 Å². The van der Waals surface area contributed by atoms with Crippen molar-refractivity contribution in [3.05, 3.63) is 71.5 Å². The molecule has 0 amide bonds. The number of nitriles is 1. The van der Waals surface area contributed by atoms with Gasteiger partial charge in [-0.3, -0.25) is 0 Å². The predicted molar refractivity (Wildman–Crippen MR) is 113 cm³/mol. The number of hydrogen-bond donors (Lipinski definition) is 0. The third kappa shape index (κ3) is 4.64. The van der Waals surface area contributed by atoms with Crippen molar-refractivity contribution in [2.24, 2.45) is 0 Å². The average Bonchev–Trinajstić information content (AvgIpc) is 3.21. The Kier molecular flexibility index (Phi) is 6.31. The molecule has 1 unspecified atom stereocenters. The summed E-state index contributed by atoms with van der Waals surface area (Å²) in [5.74, 6) is 2.27. The fraction of sp³-hybridized carbons (Fsp3) is 0.333. The minimum atomic E-state index is -0.0536. The molecule has 6 nitrogen and oxygen atoms in total. The molecular formula is C24H25N3O3. The van der Waals surface area contributed by atoms with Gasteiger partial charge in [0.15, 0.2) is 5.75 Å². The maximum absolute atomic E-state index is 9.00. The Bertz CT molecular complexity index is 1010. The summed E-state index contributed by atoms with van der Waals surface area (Å²) in [4.78, 5) is 0. The number of aromatic nitrogens is 2. The molecule has 1 atom stereocenters. The molecule has 1 saturated heterocycles. The summed E-state index contributed by atoms with van der Waals surface area (Å²) in [6, 6.07) is 17.3. The number of aryl methyl sites for hydroxylation is 2. The van der Waals surface area contributed by atoms with E-state index in [1.807, 2.05) is 29.1 Å². The Morgan fingerprint density at radius 2 is 1.93 bits per heavy atom. The lowest BCUT2D eigenvalue weighted by molar-refractivity contribution is -0.0397. The molecule has 0 N–H and O–H groups in total. The number of para-hydroxylation sites is 1. The molecule has 0 aliphatic carbocycles. The molecular weight excluding hydrogens is 378 g/mol. The van der Waals surface area contributed by atoms with Gasteiger partial charge in [0.05, 0.1) is 24.9 Å². The van der Waals surface area contributed by atoms with Crippen molar-refractivity contribution in [1.29, 1.82) is 5.26 Å². The molecule has 1 aromatic heterocycles. The van der Waals surface area contributed by atoms with E-state index in [1.165, 1.54) is 0 Å². The summed E-state index contributed by atoms with van der Waals surface area (Å²) in [7, 11) is 1.69. The number of rotatable bonds is 7. The van der Waals surface area contributed by atoms with Crippen LogP contribution in [0.3, 0.4) is 0 Å². The van der Waals surface area contributed by atoms with Crippen LogP contribution in [0.25, 0.3) is 0 Å². The van der Waals surface area contributed by atoms with Crippen LogP contribution in [-0.4, -0.2) is 23.5 Å². The molecule has 6 heteroatoms. The molecule has 0 bridgehead atoms. The van der Waals surface area contributed by atoms with Crippen molar-refractivity contribution < 1.29 is 14.2 Å². The number of benzene rings is 2. The van der Waals surface area contributed by atoms with Crippen LogP contribution in [0.5, 0.6) is 17.2 Å². The normalized spacial score (nSPS) is 16.1. The Labute approximate surface area is 176 Å². The van der Waals surface area contributed by atoms with Crippen molar-refractivity contribution >= 4 is 0 Å². The molecule has 0 radical (unpaired) electrons. The molecule has 2 heterocycles. The first-order valence-electron chi connectivity index (χ1n) is 10.3. The number of hydrogen-bond acceptors (Lipinski definition) is 5. The Morgan fingerprint density at radius 3 is 2.67 bits per heavy atom. The second-order valence-electron chi connectivity index (χ2n) is 7.29. The molecule has 1 aliphatic rings. The summed E-state index contributed by atoms with van der Waals surface area (Å²) in [5.41, 5.74) is 2.61. The second-order valence-corrected chi connectivity index (χ2v) is 7.29. The highest BCUT2D eigenvalue weighted by Crippen LogP contribution is 2.31. The molecule has 0 spiro atoms. The largest absolute Gasteiger partial charge is 0.496 e.